The van der Waals surface area contributed by atoms with Crippen LogP contribution in [0.3, 0.4) is 0 Å². The number of aliphatic hydroxyl groups is 1. The van der Waals surface area contributed by atoms with Crippen LogP contribution in [-0.2, 0) is 5.41 Å². The fourth-order valence-electron chi connectivity index (χ4n) is 1.76. The molecule has 1 aromatic rings. The first-order valence-electron chi connectivity index (χ1n) is 7.23. The van der Waals surface area contributed by atoms with Crippen molar-refractivity contribution in [3.63, 3.8) is 0 Å². The molecule has 2 amide bonds. The molecule has 0 aliphatic heterocycles. The van der Waals surface area contributed by atoms with E-state index in [2.05, 4.69) is 29.5 Å². The lowest BCUT2D eigenvalue weighted by atomic mass is 9.85. The molecule has 0 saturated carbocycles. The lowest BCUT2D eigenvalue weighted by Crippen LogP contribution is -2.46. The zero-order valence-electron chi connectivity index (χ0n) is 13.6. The summed E-state index contributed by atoms with van der Waals surface area (Å²) in [6.07, 6.45) is 2.92. The van der Waals surface area contributed by atoms with Crippen LogP contribution in [0.1, 0.15) is 40.2 Å². The summed E-state index contributed by atoms with van der Waals surface area (Å²) in [6, 6.07) is 3.63. The van der Waals surface area contributed by atoms with E-state index in [4.69, 9.17) is 0 Å². The standard InChI is InChI=1S/C16H27N3O2/c1-15(2,3)13(20)10-18-14(21)19-11-16(4,5)12-6-8-17-9-7-12/h6-9,13,20H,10-11H2,1-5H3,(H2,18,19,21). The predicted octanol–water partition coefficient (Wildman–Crippen LogP) is 2.07. The predicted molar refractivity (Wildman–Crippen MR) is 84.1 cm³/mol. The number of aromatic nitrogens is 1. The second-order valence-electron chi connectivity index (χ2n) is 7.07. The molecule has 0 aromatic carbocycles. The molecule has 0 fully saturated rings. The van der Waals surface area contributed by atoms with Gasteiger partial charge in [-0.3, -0.25) is 4.98 Å². The number of amides is 2. The lowest BCUT2D eigenvalue weighted by Gasteiger charge is -2.27. The molecule has 3 N–H and O–H groups in total. The number of nitrogens with one attached hydrogen (secondary N) is 2. The van der Waals surface area contributed by atoms with Crippen LogP contribution in [0.15, 0.2) is 24.5 Å². The second-order valence-corrected chi connectivity index (χ2v) is 7.07. The van der Waals surface area contributed by atoms with Crippen LogP contribution in [0.2, 0.25) is 0 Å². The second kappa shape index (κ2) is 6.89. The molecule has 0 bridgehead atoms. The Hall–Kier alpha value is -1.62. The van der Waals surface area contributed by atoms with Gasteiger partial charge >= 0.3 is 6.03 Å². The van der Waals surface area contributed by atoms with Gasteiger partial charge in [-0.15, -0.1) is 0 Å². The molecule has 1 aromatic heterocycles. The van der Waals surface area contributed by atoms with Gasteiger partial charge in [0, 0.05) is 30.9 Å². The van der Waals surface area contributed by atoms with Crippen LogP contribution in [0.4, 0.5) is 4.79 Å². The molecule has 0 saturated heterocycles. The molecule has 1 heterocycles. The van der Waals surface area contributed by atoms with Gasteiger partial charge in [-0.2, -0.15) is 0 Å². The highest BCUT2D eigenvalue weighted by atomic mass is 16.3. The van der Waals surface area contributed by atoms with Crippen LogP contribution in [0, 0.1) is 5.41 Å². The van der Waals surface area contributed by atoms with E-state index in [9.17, 15) is 9.90 Å². The maximum absolute atomic E-state index is 11.8. The minimum absolute atomic E-state index is 0.178. The summed E-state index contributed by atoms with van der Waals surface area (Å²) in [7, 11) is 0. The highest BCUT2D eigenvalue weighted by Crippen LogP contribution is 2.21. The van der Waals surface area contributed by atoms with Crippen molar-refractivity contribution < 1.29 is 9.90 Å². The van der Waals surface area contributed by atoms with Gasteiger partial charge in [-0.05, 0) is 23.1 Å². The maximum atomic E-state index is 11.8. The largest absolute Gasteiger partial charge is 0.391 e. The van der Waals surface area contributed by atoms with Crippen LogP contribution < -0.4 is 10.6 Å². The zero-order chi connectivity index (χ0) is 16.1. The number of hydrogen-bond donors (Lipinski definition) is 3. The van der Waals surface area contributed by atoms with Gasteiger partial charge in [0.15, 0.2) is 0 Å². The Balaban J connectivity index is 2.43. The lowest BCUT2D eigenvalue weighted by molar-refractivity contribution is 0.0649. The molecule has 5 heteroatoms. The number of hydrogen-bond acceptors (Lipinski definition) is 3. The maximum Gasteiger partial charge on any atom is 0.314 e. The Bertz CT molecular complexity index is 452. The molecule has 1 atom stereocenters. The number of aliphatic hydroxyl groups excluding tert-OH is 1. The van der Waals surface area contributed by atoms with Gasteiger partial charge in [0.25, 0.3) is 0 Å². The third-order valence-electron chi connectivity index (χ3n) is 3.61. The Labute approximate surface area is 127 Å². The van der Waals surface area contributed by atoms with Crippen molar-refractivity contribution in [3.05, 3.63) is 30.1 Å². The van der Waals surface area contributed by atoms with Crippen LogP contribution >= 0.6 is 0 Å². The van der Waals surface area contributed by atoms with Crippen LogP contribution in [-0.4, -0.2) is 35.3 Å². The summed E-state index contributed by atoms with van der Waals surface area (Å²) in [4.78, 5) is 15.8. The molecular weight excluding hydrogens is 266 g/mol. The molecular formula is C16H27N3O2. The van der Waals surface area contributed by atoms with Crippen molar-refractivity contribution in [1.82, 2.24) is 15.6 Å². The van der Waals surface area contributed by atoms with E-state index in [0.717, 1.165) is 5.56 Å². The molecule has 1 rings (SSSR count). The SMILES string of the molecule is CC(C)(CNC(=O)NCC(O)C(C)(C)C)c1ccncc1. The van der Waals surface area contributed by atoms with E-state index in [0.29, 0.717) is 6.54 Å². The first-order valence-corrected chi connectivity index (χ1v) is 7.23. The van der Waals surface area contributed by atoms with Crippen LogP contribution in [0.5, 0.6) is 0 Å². The molecule has 21 heavy (non-hydrogen) atoms. The van der Waals surface area contributed by atoms with Crippen molar-refractivity contribution in [1.29, 1.82) is 0 Å². The summed E-state index contributed by atoms with van der Waals surface area (Å²) < 4.78 is 0. The minimum atomic E-state index is -0.573. The summed E-state index contributed by atoms with van der Waals surface area (Å²) in [5.74, 6) is 0. The summed E-state index contributed by atoms with van der Waals surface area (Å²) >= 11 is 0. The smallest absolute Gasteiger partial charge is 0.314 e. The number of rotatable bonds is 5. The molecule has 118 valence electrons. The van der Waals surface area contributed by atoms with E-state index in [1.54, 1.807) is 12.4 Å². The third kappa shape index (κ3) is 5.71. The Morgan fingerprint density at radius 3 is 2.29 bits per heavy atom. The van der Waals surface area contributed by atoms with E-state index in [-0.39, 0.29) is 23.4 Å². The monoisotopic (exact) mass is 293 g/mol. The average Bonchev–Trinajstić information content (AvgIpc) is 2.42. The number of pyridine rings is 1. The summed E-state index contributed by atoms with van der Waals surface area (Å²) in [5.41, 5.74) is 0.694. The third-order valence-corrected chi connectivity index (χ3v) is 3.61. The summed E-state index contributed by atoms with van der Waals surface area (Å²) in [6.45, 7) is 10.7. The molecule has 5 nitrogen and oxygen atoms in total. The summed E-state index contributed by atoms with van der Waals surface area (Å²) in [5, 5.41) is 15.4. The number of carbonyl (C=O) groups excluding carboxylic acids is 1. The topological polar surface area (TPSA) is 74.2 Å². The molecule has 0 radical (unpaired) electrons. The van der Waals surface area contributed by atoms with Gasteiger partial charge in [0.05, 0.1) is 6.10 Å². The van der Waals surface area contributed by atoms with Gasteiger partial charge in [-0.1, -0.05) is 34.6 Å². The highest BCUT2D eigenvalue weighted by Gasteiger charge is 2.24. The van der Waals surface area contributed by atoms with Gasteiger partial charge in [-0.25, -0.2) is 4.79 Å². The fourth-order valence-corrected chi connectivity index (χ4v) is 1.76. The molecule has 0 aliphatic carbocycles. The number of carbonyl (C=O) groups is 1. The number of nitrogens with zero attached hydrogens (tertiary/aromatic N) is 1. The van der Waals surface area contributed by atoms with Gasteiger partial charge in [0.2, 0.25) is 0 Å². The van der Waals surface area contributed by atoms with E-state index in [1.165, 1.54) is 0 Å². The minimum Gasteiger partial charge on any atom is -0.391 e. The normalized spacial score (nSPS) is 13.6. The van der Waals surface area contributed by atoms with Crippen LogP contribution in [0.25, 0.3) is 0 Å². The first-order chi connectivity index (χ1) is 9.63. The molecule has 0 spiro atoms. The highest BCUT2D eigenvalue weighted by molar-refractivity contribution is 5.74. The van der Waals surface area contributed by atoms with E-state index in [1.807, 2.05) is 32.9 Å². The first kappa shape index (κ1) is 17.4. The molecule has 0 aliphatic rings. The fraction of sp³-hybridized carbons (Fsp3) is 0.625. The van der Waals surface area contributed by atoms with Gasteiger partial charge in [0.1, 0.15) is 0 Å². The average molecular weight is 293 g/mol. The van der Waals surface area contributed by atoms with Gasteiger partial charge < -0.3 is 15.7 Å². The Morgan fingerprint density at radius 2 is 1.76 bits per heavy atom. The number of urea groups is 1. The van der Waals surface area contributed by atoms with E-state index < -0.39 is 6.10 Å². The quantitative estimate of drug-likeness (QED) is 0.778. The zero-order valence-corrected chi connectivity index (χ0v) is 13.6. The van der Waals surface area contributed by atoms with E-state index >= 15 is 0 Å². The van der Waals surface area contributed by atoms with Crippen molar-refractivity contribution in [2.75, 3.05) is 13.1 Å². The Kier molecular flexibility index (Phi) is 5.72. The van der Waals surface area contributed by atoms with Crippen molar-refractivity contribution >= 4 is 6.03 Å². The van der Waals surface area contributed by atoms with Crippen molar-refractivity contribution in [2.45, 2.75) is 46.1 Å². The Morgan fingerprint density at radius 1 is 1.19 bits per heavy atom. The van der Waals surface area contributed by atoms with Crippen molar-refractivity contribution in [2.24, 2.45) is 5.41 Å². The molecule has 1 unspecified atom stereocenters. The van der Waals surface area contributed by atoms with Crippen molar-refractivity contribution in [3.8, 4) is 0 Å².